The number of piperidine rings is 1. The van der Waals surface area contributed by atoms with Gasteiger partial charge in [0.25, 0.3) is 5.91 Å². The van der Waals surface area contributed by atoms with Crippen LogP contribution in [0.15, 0.2) is 18.2 Å². The van der Waals surface area contributed by atoms with Crippen LogP contribution in [-0.2, 0) is 13.0 Å². The largest absolute Gasteiger partial charge is 0.336 e. The summed E-state index contributed by atoms with van der Waals surface area (Å²) in [6.07, 6.45) is 5.68. The van der Waals surface area contributed by atoms with Gasteiger partial charge in [0.2, 0.25) is 0 Å². The molecule has 2 heterocycles. The highest BCUT2D eigenvalue weighted by Gasteiger charge is 2.28. The molecule has 1 unspecified atom stereocenters. The molecule has 2 aliphatic heterocycles. The number of nitrogens with zero attached hydrogens (tertiary/aromatic N) is 1. The lowest BCUT2D eigenvalue weighted by Gasteiger charge is -2.36. The highest BCUT2D eigenvalue weighted by atomic mass is 16.2. The van der Waals surface area contributed by atoms with Gasteiger partial charge in [-0.05, 0) is 55.8 Å². The smallest absolute Gasteiger partial charge is 0.254 e. The fourth-order valence-corrected chi connectivity index (χ4v) is 3.56. The van der Waals surface area contributed by atoms with Gasteiger partial charge in [-0.1, -0.05) is 19.1 Å². The number of hydrogen-bond acceptors (Lipinski definition) is 2. The lowest BCUT2D eigenvalue weighted by atomic mass is 9.93. The van der Waals surface area contributed by atoms with Gasteiger partial charge < -0.3 is 10.2 Å². The van der Waals surface area contributed by atoms with E-state index in [0.29, 0.717) is 6.04 Å². The minimum atomic E-state index is 0.247. The molecule has 0 spiro atoms. The number of fused-ring (bicyclic) bond motifs is 1. The van der Waals surface area contributed by atoms with Crippen LogP contribution < -0.4 is 5.32 Å². The third kappa shape index (κ3) is 2.47. The minimum absolute atomic E-state index is 0.247. The van der Waals surface area contributed by atoms with Crippen LogP contribution in [0.3, 0.4) is 0 Å². The highest BCUT2D eigenvalue weighted by molar-refractivity contribution is 5.96. The lowest BCUT2D eigenvalue weighted by molar-refractivity contribution is 0.0606. The molecule has 20 heavy (non-hydrogen) atoms. The van der Waals surface area contributed by atoms with Crippen molar-refractivity contribution >= 4 is 5.91 Å². The molecule has 1 atom stereocenters. The number of nitrogens with one attached hydrogen (secondary N) is 1. The fourth-order valence-electron chi connectivity index (χ4n) is 3.56. The van der Waals surface area contributed by atoms with Crippen molar-refractivity contribution in [1.29, 1.82) is 0 Å². The molecular formula is C17H24N2O. The Morgan fingerprint density at radius 1 is 1.40 bits per heavy atom. The van der Waals surface area contributed by atoms with Crippen molar-refractivity contribution in [3.63, 3.8) is 0 Å². The second kappa shape index (κ2) is 5.96. The molecular weight excluding hydrogens is 248 g/mol. The van der Waals surface area contributed by atoms with E-state index in [2.05, 4.69) is 23.2 Å². The van der Waals surface area contributed by atoms with Gasteiger partial charge in [-0.25, -0.2) is 0 Å². The maximum atomic E-state index is 12.9. The topological polar surface area (TPSA) is 32.3 Å². The number of rotatable bonds is 2. The molecule has 3 rings (SSSR count). The molecule has 3 nitrogen and oxygen atoms in total. The van der Waals surface area contributed by atoms with Gasteiger partial charge in [0.05, 0.1) is 0 Å². The van der Waals surface area contributed by atoms with Crippen LogP contribution in [0.25, 0.3) is 0 Å². The Hall–Kier alpha value is -1.35. The van der Waals surface area contributed by atoms with Gasteiger partial charge in [-0.2, -0.15) is 0 Å². The van der Waals surface area contributed by atoms with E-state index < -0.39 is 0 Å². The zero-order chi connectivity index (χ0) is 13.9. The minimum Gasteiger partial charge on any atom is -0.336 e. The molecule has 1 aromatic rings. The van der Waals surface area contributed by atoms with Crippen molar-refractivity contribution in [3.05, 3.63) is 34.9 Å². The van der Waals surface area contributed by atoms with Crippen LogP contribution in [0, 0.1) is 0 Å². The predicted octanol–water partition coefficient (Wildman–Crippen LogP) is 2.74. The number of amides is 1. The van der Waals surface area contributed by atoms with Gasteiger partial charge in [0.15, 0.2) is 0 Å². The summed E-state index contributed by atoms with van der Waals surface area (Å²) in [5.74, 6) is 0.247. The van der Waals surface area contributed by atoms with E-state index in [1.165, 1.54) is 17.5 Å². The maximum absolute atomic E-state index is 12.9. The summed E-state index contributed by atoms with van der Waals surface area (Å²) in [5.41, 5.74) is 3.50. The van der Waals surface area contributed by atoms with Gasteiger partial charge in [-0.3, -0.25) is 4.79 Å². The van der Waals surface area contributed by atoms with Crippen molar-refractivity contribution in [2.24, 2.45) is 0 Å². The molecule has 0 aliphatic carbocycles. The van der Waals surface area contributed by atoms with Crippen molar-refractivity contribution in [2.75, 3.05) is 13.1 Å². The second-order valence-electron chi connectivity index (χ2n) is 5.93. The molecule has 1 amide bonds. The summed E-state index contributed by atoms with van der Waals surface area (Å²) in [4.78, 5) is 15.1. The number of carbonyl (C=O) groups excluding carboxylic acids is 1. The molecule has 108 valence electrons. The first-order chi connectivity index (χ1) is 9.81. The van der Waals surface area contributed by atoms with Crippen molar-refractivity contribution < 1.29 is 4.79 Å². The van der Waals surface area contributed by atoms with Crippen LogP contribution >= 0.6 is 0 Å². The Kier molecular flexibility index (Phi) is 4.06. The van der Waals surface area contributed by atoms with E-state index in [0.717, 1.165) is 50.9 Å². The molecule has 3 heteroatoms. The second-order valence-corrected chi connectivity index (χ2v) is 5.93. The Morgan fingerprint density at radius 2 is 2.30 bits per heavy atom. The highest BCUT2D eigenvalue weighted by Crippen LogP contribution is 2.25. The van der Waals surface area contributed by atoms with E-state index in [4.69, 9.17) is 0 Å². The average molecular weight is 272 g/mol. The summed E-state index contributed by atoms with van der Waals surface area (Å²) < 4.78 is 0. The first kappa shape index (κ1) is 13.6. The summed E-state index contributed by atoms with van der Waals surface area (Å²) in [5, 5.41) is 3.39. The summed E-state index contributed by atoms with van der Waals surface area (Å²) >= 11 is 0. The Labute approximate surface area is 121 Å². The van der Waals surface area contributed by atoms with E-state index in [1.807, 2.05) is 12.1 Å². The van der Waals surface area contributed by atoms with Crippen LogP contribution in [0.5, 0.6) is 0 Å². The molecule has 1 aromatic carbocycles. The van der Waals surface area contributed by atoms with Crippen molar-refractivity contribution in [2.45, 2.75) is 51.6 Å². The molecule has 2 aliphatic rings. The van der Waals surface area contributed by atoms with E-state index in [1.54, 1.807) is 0 Å². The summed E-state index contributed by atoms with van der Waals surface area (Å²) in [6, 6.07) is 6.65. The molecule has 0 bridgehead atoms. The van der Waals surface area contributed by atoms with E-state index in [9.17, 15) is 4.79 Å². The third-order valence-electron chi connectivity index (χ3n) is 4.74. The fraction of sp³-hybridized carbons (Fsp3) is 0.588. The Balaban J connectivity index is 1.90. The Morgan fingerprint density at radius 3 is 3.15 bits per heavy atom. The van der Waals surface area contributed by atoms with Gasteiger partial charge >= 0.3 is 0 Å². The number of likely N-dealkylation sites (tertiary alicyclic amines) is 1. The molecule has 1 N–H and O–H groups in total. The molecule has 0 radical (unpaired) electrons. The predicted molar refractivity (Wildman–Crippen MR) is 80.8 cm³/mol. The van der Waals surface area contributed by atoms with Crippen molar-refractivity contribution in [3.8, 4) is 0 Å². The monoisotopic (exact) mass is 272 g/mol. The summed E-state index contributed by atoms with van der Waals surface area (Å²) in [7, 11) is 0. The number of hydrogen-bond donors (Lipinski definition) is 1. The van der Waals surface area contributed by atoms with Gasteiger partial charge in [-0.15, -0.1) is 0 Å². The van der Waals surface area contributed by atoms with Crippen LogP contribution in [0.2, 0.25) is 0 Å². The quantitative estimate of drug-likeness (QED) is 0.898. The zero-order valence-corrected chi connectivity index (χ0v) is 12.3. The van der Waals surface area contributed by atoms with Crippen molar-refractivity contribution in [1.82, 2.24) is 10.2 Å². The zero-order valence-electron chi connectivity index (χ0n) is 12.3. The first-order valence-corrected chi connectivity index (χ1v) is 7.93. The van der Waals surface area contributed by atoms with Gasteiger partial charge in [0, 0.05) is 24.7 Å². The number of benzene rings is 1. The molecule has 1 saturated heterocycles. The molecule has 1 fully saturated rings. The van der Waals surface area contributed by atoms with Crippen LogP contribution in [0.1, 0.15) is 54.1 Å². The maximum Gasteiger partial charge on any atom is 0.254 e. The summed E-state index contributed by atoms with van der Waals surface area (Å²) in [6.45, 7) is 4.97. The molecule has 0 saturated carbocycles. The molecule has 0 aromatic heterocycles. The standard InChI is InChI=1S/C17H24N2O/c1-2-14-7-3-4-11-19(14)17(20)15-8-5-6-13-9-10-18-12-16(13)15/h5-6,8,14,18H,2-4,7,9-12H2,1H3. The average Bonchev–Trinajstić information content (AvgIpc) is 2.53. The van der Waals surface area contributed by atoms with E-state index in [-0.39, 0.29) is 5.91 Å². The van der Waals surface area contributed by atoms with Crippen LogP contribution in [0.4, 0.5) is 0 Å². The lowest BCUT2D eigenvalue weighted by Crippen LogP contribution is -2.44. The normalized spacial score (nSPS) is 22.4. The van der Waals surface area contributed by atoms with Gasteiger partial charge in [0.1, 0.15) is 0 Å². The SMILES string of the molecule is CCC1CCCCN1C(=O)c1cccc2c1CNCC2. The van der Waals surface area contributed by atoms with E-state index >= 15 is 0 Å². The Bertz CT molecular complexity index is 498. The third-order valence-corrected chi connectivity index (χ3v) is 4.74. The van der Waals surface area contributed by atoms with Crippen LogP contribution in [-0.4, -0.2) is 29.9 Å². The number of carbonyl (C=O) groups is 1. The first-order valence-electron chi connectivity index (χ1n) is 7.93.